The summed E-state index contributed by atoms with van der Waals surface area (Å²) in [6.07, 6.45) is 2.14. The van der Waals surface area contributed by atoms with E-state index in [-0.39, 0.29) is 29.8 Å². The monoisotopic (exact) mass is 594 g/mol. The van der Waals surface area contributed by atoms with Crippen LogP contribution in [0.15, 0.2) is 83.7 Å². The molecule has 0 unspecified atom stereocenters. The molecule has 8 nitrogen and oxygen atoms in total. The van der Waals surface area contributed by atoms with Gasteiger partial charge in [0.1, 0.15) is 17.3 Å². The first-order chi connectivity index (χ1) is 21.0. The maximum Gasteiger partial charge on any atom is 0.281 e. The van der Waals surface area contributed by atoms with Gasteiger partial charge in [0.25, 0.3) is 5.56 Å². The molecule has 6 rings (SSSR count). The van der Waals surface area contributed by atoms with Crippen LogP contribution >= 0.6 is 11.3 Å². The summed E-state index contributed by atoms with van der Waals surface area (Å²) in [5.41, 5.74) is 2.88. The molecule has 1 saturated heterocycles. The highest BCUT2D eigenvalue weighted by atomic mass is 32.1. The summed E-state index contributed by atoms with van der Waals surface area (Å²) in [6.45, 7) is 3.06. The van der Waals surface area contributed by atoms with Crippen LogP contribution in [0.5, 0.6) is 11.5 Å². The highest BCUT2D eigenvalue weighted by Crippen LogP contribution is 2.35. The van der Waals surface area contributed by atoms with E-state index in [2.05, 4.69) is 24.0 Å². The Kier molecular flexibility index (Phi) is 8.24. The van der Waals surface area contributed by atoms with E-state index in [0.717, 1.165) is 36.1 Å². The fraction of sp³-hybridized carbons (Fsp3) is 0.294. The number of benzene rings is 3. The van der Waals surface area contributed by atoms with E-state index in [0.29, 0.717) is 39.2 Å². The lowest BCUT2D eigenvalue weighted by molar-refractivity contribution is -0.120. The van der Waals surface area contributed by atoms with Gasteiger partial charge in [0.05, 0.1) is 26.8 Å². The zero-order valence-corrected chi connectivity index (χ0v) is 25.3. The van der Waals surface area contributed by atoms with Crippen LogP contribution < -0.4 is 19.9 Å². The zero-order valence-electron chi connectivity index (χ0n) is 24.5. The molecular weight excluding hydrogens is 560 g/mol. The fourth-order valence-electron chi connectivity index (χ4n) is 5.79. The van der Waals surface area contributed by atoms with Crippen LogP contribution in [0.3, 0.4) is 0 Å². The highest BCUT2D eigenvalue weighted by Gasteiger charge is 2.34. The molecule has 9 heteroatoms. The normalized spacial score (nSPS) is 15.5. The van der Waals surface area contributed by atoms with Crippen molar-refractivity contribution in [3.8, 4) is 22.9 Å². The number of fused-ring (bicyclic) bond motifs is 1. The number of carbonyl (C=O) groups is 1. The first kappa shape index (κ1) is 28.6. The number of carbonyl (C=O) groups excluding carboxylic acids is 1. The smallest absolute Gasteiger partial charge is 0.281 e. The number of thiazole rings is 1. The van der Waals surface area contributed by atoms with Gasteiger partial charge in [0.2, 0.25) is 0 Å². The fourth-order valence-corrected chi connectivity index (χ4v) is 6.80. The van der Waals surface area contributed by atoms with E-state index >= 15 is 0 Å². The second kappa shape index (κ2) is 12.4. The molecular formula is C34H34N4O4S. The third kappa shape index (κ3) is 5.77. The Labute approximate surface area is 254 Å². The van der Waals surface area contributed by atoms with Crippen LogP contribution in [0.2, 0.25) is 0 Å². The lowest BCUT2D eigenvalue weighted by Crippen LogP contribution is -2.36. The average molecular weight is 595 g/mol. The van der Waals surface area contributed by atoms with Crippen molar-refractivity contribution in [1.29, 1.82) is 0 Å². The number of ketones is 1. The van der Waals surface area contributed by atoms with E-state index in [1.165, 1.54) is 11.3 Å². The number of methoxy groups -OCH3 is 2. The minimum absolute atomic E-state index is 0.128. The van der Waals surface area contributed by atoms with Crippen molar-refractivity contribution in [2.24, 2.45) is 0 Å². The molecule has 0 spiro atoms. The van der Waals surface area contributed by atoms with Crippen LogP contribution in [-0.4, -0.2) is 47.1 Å². The Morgan fingerprint density at radius 3 is 2.47 bits per heavy atom. The van der Waals surface area contributed by atoms with Crippen LogP contribution in [0.25, 0.3) is 21.7 Å². The van der Waals surface area contributed by atoms with Crippen molar-refractivity contribution in [2.75, 3.05) is 25.7 Å². The number of aromatic nitrogens is 3. The number of ether oxygens (including phenoxy) is 2. The van der Waals surface area contributed by atoms with E-state index in [1.54, 1.807) is 24.9 Å². The molecule has 0 radical (unpaired) electrons. The van der Waals surface area contributed by atoms with Gasteiger partial charge in [-0.3, -0.25) is 14.2 Å². The summed E-state index contributed by atoms with van der Waals surface area (Å²) in [6, 6.07) is 25.1. The van der Waals surface area contributed by atoms with Crippen molar-refractivity contribution in [2.45, 2.75) is 44.7 Å². The Bertz CT molecular complexity index is 1800. The van der Waals surface area contributed by atoms with Gasteiger partial charge in [-0.15, -0.1) is 0 Å². The molecule has 2 atom stereocenters. The summed E-state index contributed by atoms with van der Waals surface area (Å²) >= 11 is 1.38. The van der Waals surface area contributed by atoms with Gasteiger partial charge in [0, 0.05) is 30.2 Å². The van der Waals surface area contributed by atoms with E-state index in [4.69, 9.17) is 19.4 Å². The van der Waals surface area contributed by atoms with E-state index in [1.807, 2.05) is 60.7 Å². The number of nitrogens with zero attached hydrogens (tertiary/aromatic N) is 4. The molecule has 0 N–H and O–H groups in total. The van der Waals surface area contributed by atoms with Crippen LogP contribution in [0, 0.1) is 0 Å². The first-order valence-corrected chi connectivity index (χ1v) is 15.3. The van der Waals surface area contributed by atoms with Gasteiger partial charge in [-0.05, 0) is 36.5 Å². The van der Waals surface area contributed by atoms with Gasteiger partial charge in [-0.2, -0.15) is 0 Å². The molecule has 43 heavy (non-hydrogen) atoms. The van der Waals surface area contributed by atoms with Gasteiger partial charge in [0.15, 0.2) is 21.3 Å². The summed E-state index contributed by atoms with van der Waals surface area (Å²) in [7, 11) is 3.20. The molecule has 1 fully saturated rings. The second-order valence-corrected chi connectivity index (χ2v) is 11.8. The SMILES string of the molecule is COc1ccc(Cn2c(-c3ccccc3)nc3sc(N4CCC[C@@H]4C(=O)C[C@H](C)c4ccccc4)nc3c2=O)c(OC)c1. The predicted octanol–water partition coefficient (Wildman–Crippen LogP) is 6.32. The Morgan fingerprint density at radius 1 is 1.00 bits per heavy atom. The molecule has 2 aromatic heterocycles. The van der Waals surface area contributed by atoms with Gasteiger partial charge < -0.3 is 14.4 Å². The first-order valence-electron chi connectivity index (χ1n) is 14.5. The number of hydrogen-bond donors (Lipinski definition) is 0. The molecule has 0 saturated carbocycles. The lowest BCUT2D eigenvalue weighted by Gasteiger charge is -2.24. The number of Topliss-reactive ketones (excluding diaryl/α,β-unsaturated/α-hetero) is 1. The van der Waals surface area contributed by atoms with E-state index in [9.17, 15) is 9.59 Å². The molecule has 3 heterocycles. The van der Waals surface area contributed by atoms with Crippen LogP contribution in [0.1, 0.15) is 43.2 Å². The minimum Gasteiger partial charge on any atom is -0.497 e. The van der Waals surface area contributed by atoms with Crippen molar-refractivity contribution in [1.82, 2.24) is 14.5 Å². The number of hydrogen-bond acceptors (Lipinski definition) is 8. The van der Waals surface area contributed by atoms with Crippen molar-refractivity contribution in [3.05, 3.63) is 100 Å². The third-order valence-electron chi connectivity index (χ3n) is 8.11. The van der Waals surface area contributed by atoms with Gasteiger partial charge >= 0.3 is 0 Å². The minimum atomic E-state index is -0.258. The maximum absolute atomic E-state index is 14.1. The third-order valence-corrected chi connectivity index (χ3v) is 9.10. The summed E-state index contributed by atoms with van der Waals surface area (Å²) in [5, 5.41) is 0.668. The molecule has 1 aliphatic heterocycles. The Morgan fingerprint density at radius 2 is 1.74 bits per heavy atom. The quantitative estimate of drug-likeness (QED) is 0.187. The predicted molar refractivity (Wildman–Crippen MR) is 171 cm³/mol. The molecule has 3 aromatic carbocycles. The molecule has 1 aliphatic rings. The van der Waals surface area contributed by atoms with E-state index < -0.39 is 0 Å². The topological polar surface area (TPSA) is 86.5 Å². The summed E-state index contributed by atoms with van der Waals surface area (Å²) in [4.78, 5) is 40.1. The Hall–Kier alpha value is -4.50. The lowest BCUT2D eigenvalue weighted by atomic mass is 9.93. The van der Waals surface area contributed by atoms with Crippen molar-refractivity contribution >= 4 is 32.6 Å². The number of rotatable bonds is 10. The maximum atomic E-state index is 14.1. The van der Waals surface area contributed by atoms with Gasteiger partial charge in [-0.1, -0.05) is 78.9 Å². The standard InChI is InChI=1S/C34H34N4O4S/c1-22(23-11-6-4-7-12-23)19-28(39)27-15-10-18-37(27)34-35-30-32(43-34)36-31(24-13-8-5-9-14-24)38(33(30)40)21-25-16-17-26(41-2)20-29(25)42-3/h4-9,11-14,16-17,20,22,27H,10,15,18-19,21H2,1-3H3/t22-,27+/m0/s1. The second-order valence-electron chi connectivity index (χ2n) is 10.9. The molecule has 5 aromatic rings. The molecule has 220 valence electrons. The van der Waals surface area contributed by atoms with Crippen LogP contribution in [0.4, 0.5) is 5.13 Å². The zero-order chi connectivity index (χ0) is 29.9. The highest BCUT2D eigenvalue weighted by molar-refractivity contribution is 7.21. The Balaban J connectivity index is 1.37. The molecule has 0 bridgehead atoms. The molecule has 0 amide bonds. The molecule has 0 aliphatic carbocycles. The van der Waals surface area contributed by atoms with Crippen LogP contribution in [-0.2, 0) is 11.3 Å². The summed E-state index contributed by atoms with van der Waals surface area (Å²) < 4.78 is 12.6. The van der Waals surface area contributed by atoms with Crippen molar-refractivity contribution < 1.29 is 14.3 Å². The van der Waals surface area contributed by atoms with Crippen molar-refractivity contribution in [3.63, 3.8) is 0 Å². The number of anilines is 1. The summed E-state index contributed by atoms with van der Waals surface area (Å²) in [5.74, 6) is 2.17. The van der Waals surface area contributed by atoms with Gasteiger partial charge in [-0.25, -0.2) is 9.97 Å². The largest absolute Gasteiger partial charge is 0.497 e. The average Bonchev–Trinajstić information content (AvgIpc) is 3.71.